The predicted octanol–water partition coefficient (Wildman–Crippen LogP) is 3.01. The topological polar surface area (TPSA) is 82.7 Å². The molecule has 168 valence electrons. The van der Waals surface area contributed by atoms with Crippen LogP contribution in [-0.2, 0) is 17.8 Å². The molecule has 0 radical (unpaired) electrons. The SMILES string of the molecule is O=C(NC1COC2(CCNCC2)C1)c1ccc(NC(=O)N2Cc3ccc(F)cc3C2)cc1. The van der Waals surface area contributed by atoms with Gasteiger partial charge in [-0.3, -0.25) is 4.79 Å². The van der Waals surface area contributed by atoms with Crippen LogP contribution >= 0.6 is 0 Å². The minimum absolute atomic E-state index is 0.0154. The zero-order valence-electron chi connectivity index (χ0n) is 17.8. The van der Waals surface area contributed by atoms with Crippen LogP contribution in [0.4, 0.5) is 14.9 Å². The van der Waals surface area contributed by atoms with Gasteiger partial charge in [0.2, 0.25) is 0 Å². The number of hydrogen-bond acceptors (Lipinski definition) is 4. The van der Waals surface area contributed by atoms with E-state index >= 15 is 0 Å². The summed E-state index contributed by atoms with van der Waals surface area (Å²) in [6.07, 6.45) is 2.80. The van der Waals surface area contributed by atoms with Crippen LogP contribution in [-0.4, -0.2) is 48.2 Å². The zero-order valence-corrected chi connectivity index (χ0v) is 17.8. The molecule has 32 heavy (non-hydrogen) atoms. The molecular formula is C24H27FN4O3. The van der Waals surface area contributed by atoms with E-state index < -0.39 is 0 Å². The van der Waals surface area contributed by atoms with Crippen LogP contribution in [0.15, 0.2) is 42.5 Å². The lowest BCUT2D eigenvalue weighted by molar-refractivity contribution is -0.0194. The van der Waals surface area contributed by atoms with Gasteiger partial charge in [0.05, 0.1) is 18.2 Å². The van der Waals surface area contributed by atoms with Crippen LogP contribution in [0, 0.1) is 5.82 Å². The summed E-state index contributed by atoms with van der Waals surface area (Å²) in [4.78, 5) is 26.9. The largest absolute Gasteiger partial charge is 0.373 e. The van der Waals surface area contributed by atoms with E-state index in [2.05, 4.69) is 16.0 Å². The fourth-order valence-electron chi connectivity index (χ4n) is 4.85. The number of halogens is 1. The van der Waals surface area contributed by atoms with Gasteiger partial charge in [-0.1, -0.05) is 6.07 Å². The van der Waals surface area contributed by atoms with Gasteiger partial charge in [0, 0.05) is 24.3 Å². The number of nitrogens with one attached hydrogen (secondary N) is 3. The Hall–Kier alpha value is -2.97. The molecule has 7 nitrogen and oxygen atoms in total. The van der Waals surface area contributed by atoms with Gasteiger partial charge in [-0.15, -0.1) is 0 Å². The maximum absolute atomic E-state index is 13.4. The van der Waals surface area contributed by atoms with Crippen molar-refractivity contribution in [1.82, 2.24) is 15.5 Å². The summed E-state index contributed by atoms with van der Waals surface area (Å²) in [5, 5.41) is 9.27. The monoisotopic (exact) mass is 438 g/mol. The normalized spacial score (nSPS) is 21.4. The molecule has 2 fully saturated rings. The molecule has 0 aromatic heterocycles. The molecule has 3 aliphatic heterocycles. The van der Waals surface area contributed by atoms with Crippen LogP contribution in [0.2, 0.25) is 0 Å². The standard InChI is InChI=1S/C24H27FN4O3/c25-19-4-1-17-13-29(14-18(17)11-19)23(31)28-20-5-2-16(3-6-20)22(30)27-21-12-24(32-15-21)7-9-26-10-8-24/h1-6,11,21,26H,7-10,12-15H2,(H,27,30)(H,28,31). The molecule has 1 spiro atoms. The predicted molar refractivity (Wildman–Crippen MR) is 118 cm³/mol. The molecule has 1 unspecified atom stereocenters. The number of carbonyl (C=O) groups is 2. The van der Waals surface area contributed by atoms with Crippen molar-refractivity contribution in [3.63, 3.8) is 0 Å². The van der Waals surface area contributed by atoms with Crippen LogP contribution in [0.5, 0.6) is 0 Å². The lowest BCUT2D eigenvalue weighted by Crippen LogP contribution is -2.43. The molecule has 2 aromatic carbocycles. The number of fused-ring (bicyclic) bond motifs is 1. The minimum atomic E-state index is -0.296. The molecule has 0 aliphatic carbocycles. The van der Waals surface area contributed by atoms with E-state index in [1.165, 1.54) is 12.1 Å². The summed E-state index contributed by atoms with van der Waals surface area (Å²) in [7, 11) is 0. The second kappa shape index (κ2) is 8.52. The third kappa shape index (κ3) is 4.33. The number of benzene rings is 2. The van der Waals surface area contributed by atoms with Gasteiger partial charge in [-0.2, -0.15) is 0 Å². The lowest BCUT2D eigenvalue weighted by Gasteiger charge is -2.32. The number of nitrogens with zero attached hydrogens (tertiary/aromatic N) is 1. The van der Waals surface area contributed by atoms with Gasteiger partial charge in [0.25, 0.3) is 5.91 Å². The Kier molecular flexibility index (Phi) is 5.57. The highest BCUT2D eigenvalue weighted by molar-refractivity contribution is 5.95. The number of piperidine rings is 1. The zero-order chi connectivity index (χ0) is 22.1. The van der Waals surface area contributed by atoms with Gasteiger partial charge in [-0.05, 0) is 79.9 Å². The highest BCUT2D eigenvalue weighted by Crippen LogP contribution is 2.34. The number of hydrogen-bond donors (Lipinski definition) is 3. The minimum Gasteiger partial charge on any atom is -0.373 e. The second-order valence-corrected chi connectivity index (χ2v) is 8.90. The highest BCUT2D eigenvalue weighted by atomic mass is 19.1. The van der Waals surface area contributed by atoms with E-state index in [-0.39, 0.29) is 29.4 Å². The Morgan fingerprint density at radius 3 is 2.59 bits per heavy atom. The van der Waals surface area contributed by atoms with E-state index in [9.17, 15) is 14.0 Å². The van der Waals surface area contributed by atoms with Crippen molar-refractivity contribution in [3.05, 3.63) is 65.0 Å². The van der Waals surface area contributed by atoms with Crippen LogP contribution in [0.3, 0.4) is 0 Å². The molecule has 1 atom stereocenters. The van der Waals surface area contributed by atoms with Crippen molar-refractivity contribution >= 4 is 17.6 Å². The van der Waals surface area contributed by atoms with Crippen molar-refractivity contribution in [1.29, 1.82) is 0 Å². The van der Waals surface area contributed by atoms with Gasteiger partial charge in [0.1, 0.15) is 5.82 Å². The highest BCUT2D eigenvalue weighted by Gasteiger charge is 2.41. The Morgan fingerprint density at radius 1 is 1.06 bits per heavy atom. The van der Waals surface area contributed by atoms with Gasteiger partial charge in [0.15, 0.2) is 0 Å². The maximum Gasteiger partial charge on any atom is 0.322 e. The van der Waals surface area contributed by atoms with E-state index in [1.54, 1.807) is 35.2 Å². The Labute approximate surface area is 186 Å². The van der Waals surface area contributed by atoms with Gasteiger partial charge in [-0.25, -0.2) is 9.18 Å². The number of amides is 3. The van der Waals surface area contributed by atoms with E-state index in [4.69, 9.17) is 4.74 Å². The number of urea groups is 1. The molecule has 5 rings (SSSR count). The first kappa shape index (κ1) is 20.9. The summed E-state index contributed by atoms with van der Waals surface area (Å²) < 4.78 is 19.4. The molecule has 2 saturated heterocycles. The number of rotatable bonds is 3. The molecule has 0 bridgehead atoms. The first-order valence-corrected chi connectivity index (χ1v) is 11.1. The van der Waals surface area contributed by atoms with Crippen molar-refractivity contribution < 1.29 is 18.7 Å². The first-order chi connectivity index (χ1) is 15.5. The summed E-state index contributed by atoms with van der Waals surface area (Å²) in [5.41, 5.74) is 2.83. The second-order valence-electron chi connectivity index (χ2n) is 8.90. The molecule has 0 saturated carbocycles. The van der Waals surface area contributed by atoms with Gasteiger partial charge >= 0.3 is 6.03 Å². The number of ether oxygens (including phenoxy) is 1. The summed E-state index contributed by atoms with van der Waals surface area (Å²) in [5.74, 6) is -0.436. The van der Waals surface area contributed by atoms with E-state index in [1.807, 2.05) is 0 Å². The molecule has 8 heteroatoms. The van der Waals surface area contributed by atoms with Crippen LogP contribution < -0.4 is 16.0 Å². The van der Waals surface area contributed by atoms with E-state index in [0.717, 1.165) is 43.5 Å². The lowest BCUT2D eigenvalue weighted by atomic mass is 9.88. The van der Waals surface area contributed by atoms with Crippen LogP contribution in [0.1, 0.15) is 40.7 Å². The molecule has 2 aromatic rings. The van der Waals surface area contributed by atoms with Gasteiger partial charge < -0.3 is 25.6 Å². The van der Waals surface area contributed by atoms with Crippen molar-refractivity contribution in [2.24, 2.45) is 0 Å². The molecule has 3 amide bonds. The molecule has 3 aliphatic rings. The van der Waals surface area contributed by atoms with Crippen molar-refractivity contribution in [2.45, 2.75) is 44.0 Å². The first-order valence-electron chi connectivity index (χ1n) is 11.1. The third-order valence-corrected chi connectivity index (χ3v) is 6.64. The Morgan fingerprint density at radius 2 is 1.81 bits per heavy atom. The Balaban J connectivity index is 1.14. The van der Waals surface area contributed by atoms with Crippen molar-refractivity contribution in [2.75, 3.05) is 25.0 Å². The van der Waals surface area contributed by atoms with Crippen LogP contribution in [0.25, 0.3) is 0 Å². The smallest absolute Gasteiger partial charge is 0.322 e. The summed E-state index contributed by atoms with van der Waals surface area (Å²) >= 11 is 0. The number of carbonyl (C=O) groups excluding carboxylic acids is 2. The molecular weight excluding hydrogens is 411 g/mol. The fourth-order valence-corrected chi connectivity index (χ4v) is 4.85. The summed E-state index contributed by atoms with van der Waals surface area (Å²) in [6, 6.07) is 11.2. The third-order valence-electron chi connectivity index (χ3n) is 6.64. The average Bonchev–Trinajstić information content (AvgIpc) is 3.38. The molecule has 3 heterocycles. The van der Waals surface area contributed by atoms with Crippen molar-refractivity contribution in [3.8, 4) is 0 Å². The molecule has 3 N–H and O–H groups in total. The quantitative estimate of drug-likeness (QED) is 0.688. The average molecular weight is 439 g/mol. The van der Waals surface area contributed by atoms with E-state index in [0.29, 0.717) is 30.9 Å². The number of anilines is 1. The summed E-state index contributed by atoms with van der Waals surface area (Å²) in [6.45, 7) is 3.27. The Bertz CT molecular complexity index is 1020. The fraction of sp³-hybridized carbons (Fsp3) is 0.417. The maximum atomic E-state index is 13.4.